The first kappa shape index (κ1) is 16.0. The molecule has 0 spiro atoms. The van der Waals surface area contributed by atoms with Crippen molar-refractivity contribution in [3.8, 4) is 0 Å². The number of esters is 1. The lowest BCUT2D eigenvalue weighted by atomic mass is 9.91. The number of hydrogen-bond donors (Lipinski definition) is 1. The maximum atomic E-state index is 11.9. The standard InChI is InChI=1S/C14H26N2O3/c1-4-6-15-12-7-11(8-14(18)19-3)9-16(10-12)13(17)5-2/h11-12,15H,4-10H2,1-3H3. The molecule has 0 aromatic heterocycles. The van der Waals surface area contributed by atoms with Gasteiger partial charge in [-0.2, -0.15) is 0 Å². The molecular formula is C14H26N2O3. The highest BCUT2D eigenvalue weighted by Gasteiger charge is 2.30. The Morgan fingerprint density at radius 3 is 2.63 bits per heavy atom. The molecule has 1 fully saturated rings. The van der Waals surface area contributed by atoms with E-state index in [1.165, 1.54) is 7.11 Å². The van der Waals surface area contributed by atoms with Gasteiger partial charge in [0.2, 0.25) is 5.91 Å². The number of carbonyl (C=O) groups is 2. The van der Waals surface area contributed by atoms with Gasteiger partial charge >= 0.3 is 5.97 Å². The number of nitrogens with one attached hydrogen (secondary N) is 1. The predicted octanol–water partition coefficient (Wildman–Crippen LogP) is 1.18. The molecule has 1 amide bonds. The quantitative estimate of drug-likeness (QED) is 0.736. The summed E-state index contributed by atoms with van der Waals surface area (Å²) in [5.41, 5.74) is 0. The van der Waals surface area contributed by atoms with E-state index in [9.17, 15) is 9.59 Å². The molecule has 5 heteroatoms. The van der Waals surface area contributed by atoms with Crippen LogP contribution in [0.2, 0.25) is 0 Å². The summed E-state index contributed by atoms with van der Waals surface area (Å²) in [5.74, 6) is 0.175. The van der Waals surface area contributed by atoms with Crippen LogP contribution in [0.25, 0.3) is 0 Å². The van der Waals surface area contributed by atoms with Crippen LogP contribution in [-0.2, 0) is 14.3 Å². The molecule has 0 aliphatic carbocycles. The molecule has 1 aliphatic rings. The highest BCUT2D eigenvalue weighted by atomic mass is 16.5. The van der Waals surface area contributed by atoms with Gasteiger partial charge in [0.15, 0.2) is 0 Å². The van der Waals surface area contributed by atoms with Crippen LogP contribution in [0.5, 0.6) is 0 Å². The predicted molar refractivity (Wildman–Crippen MR) is 73.7 cm³/mol. The summed E-state index contributed by atoms with van der Waals surface area (Å²) in [7, 11) is 1.41. The van der Waals surface area contributed by atoms with Crippen LogP contribution in [0.15, 0.2) is 0 Å². The number of hydrogen-bond acceptors (Lipinski definition) is 4. The van der Waals surface area contributed by atoms with E-state index in [1.54, 1.807) is 0 Å². The van der Waals surface area contributed by atoms with Crippen LogP contribution in [0.1, 0.15) is 39.5 Å². The molecule has 1 saturated heterocycles. The summed E-state index contributed by atoms with van der Waals surface area (Å²) in [6.45, 7) is 6.37. The topological polar surface area (TPSA) is 58.6 Å². The van der Waals surface area contributed by atoms with Gasteiger partial charge in [-0.3, -0.25) is 9.59 Å². The lowest BCUT2D eigenvalue weighted by molar-refractivity contribution is -0.143. The van der Waals surface area contributed by atoms with Crippen LogP contribution in [-0.4, -0.2) is 49.6 Å². The van der Waals surface area contributed by atoms with Gasteiger partial charge < -0.3 is 15.0 Å². The Labute approximate surface area is 115 Å². The molecule has 0 radical (unpaired) electrons. The smallest absolute Gasteiger partial charge is 0.305 e. The van der Waals surface area contributed by atoms with E-state index >= 15 is 0 Å². The van der Waals surface area contributed by atoms with E-state index in [0.717, 1.165) is 25.9 Å². The van der Waals surface area contributed by atoms with Gasteiger partial charge in [0, 0.05) is 25.6 Å². The number of rotatable bonds is 6. The average molecular weight is 270 g/mol. The molecule has 0 aromatic carbocycles. The fraction of sp³-hybridized carbons (Fsp3) is 0.857. The summed E-state index contributed by atoms with van der Waals surface area (Å²) in [5, 5.41) is 3.46. The van der Waals surface area contributed by atoms with Gasteiger partial charge in [-0.25, -0.2) is 0 Å². The van der Waals surface area contributed by atoms with E-state index in [2.05, 4.69) is 12.2 Å². The number of nitrogens with zero attached hydrogens (tertiary/aromatic N) is 1. The first-order valence-electron chi connectivity index (χ1n) is 7.18. The van der Waals surface area contributed by atoms with Gasteiger partial charge in [0.25, 0.3) is 0 Å². The highest BCUT2D eigenvalue weighted by Crippen LogP contribution is 2.21. The van der Waals surface area contributed by atoms with Crippen molar-refractivity contribution in [1.82, 2.24) is 10.2 Å². The van der Waals surface area contributed by atoms with Crippen molar-refractivity contribution in [2.24, 2.45) is 5.92 Å². The van der Waals surface area contributed by atoms with Crippen LogP contribution in [0, 0.1) is 5.92 Å². The maximum absolute atomic E-state index is 11.9. The van der Waals surface area contributed by atoms with Crippen molar-refractivity contribution in [3.63, 3.8) is 0 Å². The normalized spacial score (nSPS) is 23.2. The van der Waals surface area contributed by atoms with Crippen LogP contribution < -0.4 is 5.32 Å². The first-order valence-corrected chi connectivity index (χ1v) is 7.18. The molecule has 2 unspecified atom stereocenters. The molecule has 1 rings (SSSR count). The number of ether oxygens (including phenoxy) is 1. The lowest BCUT2D eigenvalue weighted by Gasteiger charge is -2.38. The van der Waals surface area contributed by atoms with E-state index in [-0.39, 0.29) is 17.8 Å². The van der Waals surface area contributed by atoms with Gasteiger partial charge in [-0.1, -0.05) is 13.8 Å². The van der Waals surface area contributed by atoms with Crippen molar-refractivity contribution in [2.75, 3.05) is 26.7 Å². The fourth-order valence-corrected chi connectivity index (χ4v) is 2.59. The second-order valence-corrected chi connectivity index (χ2v) is 5.19. The Balaban J connectivity index is 2.60. The van der Waals surface area contributed by atoms with Crippen molar-refractivity contribution in [2.45, 2.75) is 45.6 Å². The molecule has 0 aromatic rings. The van der Waals surface area contributed by atoms with Crippen molar-refractivity contribution >= 4 is 11.9 Å². The number of likely N-dealkylation sites (tertiary alicyclic amines) is 1. The zero-order valence-corrected chi connectivity index (χ0v) is 12.3. The second kappa shape index (κ2) is 8.15. The van der Waals surface area contributed by atoms with E-state index < -0.39 is 0 Å². The summed E-state index contributed by atoms with van der Waals surface area (Å²) in [6, 6.07) is 0.291. The average Bonchev–Trinajstić information content (AvgIpc) is 2.43. The number of amides is 1. The minimum atomic E-state index is -0.190. The molecule has 2 atom stereocenters. The van der Waals surface area contributed by atoms with Gasteiger partial charge in [-0.05, 0) is 25.3 Å². The zero-order valence-electron chi connectivity index (χ0n) is 12.3. The minimum Gasteiger partial charge on any atom is -0.469 e. The minimum absolute atomic E-state index is 0.165. The highest BCUT2D eigenvalue weighted by molar-refractivity contribution is 5.76. The molecule has 0 bridgehead atoms. The maximum Gasteiger partial charge on any atom is 0.305 e. The molecule has 1 heterocycles. The molecular weight excluding hydrogens is 244 g/mol. The lowest BCUT2D eigenvalue weighted by Crippen LogP contribution is -2.51. The third-order valence-corrected chi connectivity index (χ3v) is 3.56. The van der Waals surface area contributed by atoms with Crippen LogP contribution in [0.4, 0.5) is 0 Å². The van der Waals surface area contributed by atoms with E-state index in [0.29, 0.717) is 25.4 Å². The second-order valence-electron chi connectivity index (χ2n) is 5.19. The Hall–Kier alpha value is -1.10. The largest absolute Gasteiger partial charge is 0.469 e. The third kappa shape index (κ3) is 5.19. The number of carbonyl (C=O) groups excluding carboxylic acids is 2. The van der Waals surface area contributed by atoms with E-state index in [1.807, 2.05) is 11.8 Å². The number of methoxy groups -OCH3 is 1. The van der Waals surface area contributed by atoms with Gasteiger partial charge in [0.05, 0.1) is 13.5 Å². The molecule has 110 valence electrons. The third-order valence-electron chi connectivity index (χ3n) is 3.56. The van der Waals surface area contributed by atoms with Gasteiger partial charge in [-0.15, -0.1) is 0 Å². The first-order chi connectivity index (χ1) is 9.10. The summed E-state index contributed by atoms with van der Waals surface area (Å²) >= 11 is 0. The Morgan fingerprint density at radius 1 is 1.32 bits per heavy atom. The zero-order chi connectivity index (χ0) is 14.3. The molecule has 1 N–H and O–H groups in total. The molecule has 0 saturated carbocycles. The molecule has 1 aliphatic heterocycles. The van der Waals surface area contributed by atoms with Crippen LogP contribution in [0.3, 0.4) is 0 Å². The summed E-state index contributed by atoms with van der Waals surface area (Å²) < 4.78 is 4.73. The fourth-order valence-electron chi connectivity index (χ4n) is 2.59. The Kier molecular flexibility index (Phi) is 6.84. The van der Waals surface area contributed by atoms with Gasteiger partial charge in [0.1, 0.15) is 0 Å². The Bertz CT molecular complexity index is 307. The molecule has 5 nitrogen and oxygen atoms in total. The SMILES string of the molecule is CCCNC1CC(CC(=O)OC)CN(C(=O)CC)C1. The van der Waals surface area contributed by atoms with Crippen molar-refractivity contribution in [3.05, 3.63) is 0 Å². The number of piperidine rings is 1. The summed E-state index contributed by atoms with van der Waals surface area (Å²) in [4.78, 5) is 25.1. The summed E-state index contributed by atoms with van der Waals surface area (Å²) in [6.07, 6.45) is 2.92. The van der Waals surface area contributed by atoms with Crippen molar-refractivity contribution in [1.29, 1.82) is 0 Å². The van der Waals surface area contributed by atoms with E-state index in [4.69, 9.17) is 4.74 Å². The Morgan fingerprint density at radius 2 is 2.05 bits per heavy atom. The van der Waals surface area contributed by atoms with Crippen LogP contribution >= 0.6 is 0 Å². The molecule has 19 heavy (non-hydrogen) atoms. The monoisotopic (exact) mass is 270 g/mol. The van der Waals surface area contributed by atoms with Crippen molar-refractivity contribution < 1.29 is 14.3 Å².